The number of nitrogens with one attached hydrogen (secondary N) is 1. The van der Waals surface area contributed by atoms with Gasteiger partial charge in [0.15, 0.2) is 0 Å². The van der Waals surface area contributed by atoms with E-state index in [9.17, 15) is 13.2 Å². The lowest BCUT2D eigenvalue weighted by Gasteiger charge is -2.28. The second-order valence-corrected chi connectivity index (χ2v) is 9.58. The molecule has 0 bridgehead atoms. The second kappa shape index (κ2) is 8.70. The molecule has 4 rings (SSSR count). The number of methoxy groups -OCH3 is 1. The van der Waals surface area contributed by atoms with Crippen LogP contribution in [0.2, 0.25) is 5.02 Å². The Bertz CT molecular complexity index is 1210. The third-order valence-corrected chi connectivity index (χ3v) is 7.36. The zero-order valence-electron chi connectivity index (χ0n) is 16.8. The molecule has 0 aliphatic carbocycles. The van der Waals surface area contributed by atoms with Crippen LogP contribution in [0.25, 0.3) is 0 Å². The summed E-state index contributed by atoms with van der Waals surface area (Å²) in [6.07, 6.45) is 0.607. The lowest BCUT2D eigenvalue weighted by molar-refractivity contribution is 0.102. The van der Waals surface area contributed by atoms with Crippen LogP contribution in [-0.4, -0.2) is 32.3 Å². The number of amides is 1. The van der Waals surface area contributed by atoms with Gasteiger partial charge in [-0.25, -0.2) is 8.42 Å². The molecule has 3 aromatic rings. The molecule has 160 valence electrons. The van der Waals surface area contributed by atoms with Crippen molar-refractivity contribution in [3.63, 3.8) is 0 Å². The summed E-state index contributed by atoms with van der Waals surface area (Å²) in [5.41, 5.74) is 3.05. The Morgan fingerprint density at radius 3 is 2.39 bits per heavy atom. The minimum Gasteiger partial charge on any atom is -0.497 e. The van der Waals surface area contributed by atoms with Gasteiger partial charge < -0.3 is 10.1 Å². The van der Waals surface area contributed by atoms with E-state index in [4.69, 9.17) is 16.3 Å². The second-order valence-electron chi connectivity index (χ2n) is 7.21. The van der Waals surface area contributed by atoms with Crippen LogP contribution in [0.1, 0.15) is 21.5 Å². The third-order valence-electron chi connectivity index (χ3n) is 5.24. The monoisotopic (exact) mass is 456 g/mol. The first kappa shape index (κ1) is 21.4. The fraction of sp³-hybridized carbons (Fsp3) is 0.174. The van der Waals surface area contributed by atoms with Crippen LogP contribution in [-0.2, 0) is 23.0 Å². The fourth-order valence-electron chi connectivity index (χ4n) is 3.52. The summed E-state index contributed by atoms with van der Waals surface area (Å²) in [7, 11) is -2.10. The fourth-order valence-corrected chi connectivity index (χ4v) is 5.06. The Balaban J connectivity index is 1.53. The summed E-state index contributed by atoms with van der Waals surface area (Å²) in [5.74, 6) is 0.346. The van der Waals surface area contributed by atoms with E-state index in [1.165, 1.54) is 11.4 Å². The predicted octanol–water partition coefficient (Wildman–Crippen LogP) is 4.35. The normalized spacial score (nSPS) is 14.0. The van der Waals surface area contributed by atoms with Crippen LogP contribution in [0.15, 0.2) is 71.6 Å². The van der Waals surface area contributed by atoms with Crippen LogP contribution in [0.5, 0.6) is 5.75 Å². The van der Waals surface area contributed by atoms with Crippen LogP contribution >= 0.6 is 11.6 Å². The van der Waals surface area contributed by atoms with Gasteiger partial charge in [-0.15, -0.1) is 0 Å². The number of nitrogens with zero attached hydrogens (tertiary/aromatic N) is 1. The van der Waals surface area contributed by atoms with Crippen LogP contribution in [0.3, 0.4) is 0 Å². The number of ether oxygens (including phenoxy) is 1. The van der Waals surface area contributed by atoms with E-state index >= 15 is 0 Å². The van der Waals surface area contributed by atoms with Crippen molar-refractivity contribution in [2.75, 3.05) is 19.0 Å². The Morgan fingerprint density at radius 1 is 1.00 bits per heavy atom. The zero-order valence-corrected chi connectivity index (χ0v) is 18.4. The number of hydrogen-bond donors (Lipinski definition) is 1. The van der Waals surface area contributed by atoms with Gasteiger partial charge in [-0.3, -0.25) is 4.79 Å². The third kappa shape index (κ3) is 4.58. The summed E-state index contributed by atoms with van der Waals surface area (Å²) in [6.45, 7) is 0.645. The molecule has 0 radical (unpaired) electrons. The largest absolute Gasteiger partial charge is 0.497 e. The Hall–Kier alpha value is -2.87. The molecule has 0 saturated carbocycles. The van der Waals surface area contributed by atoms with E-state index in [1.807, 2.05) is 18.2 Å². The van der Waals surface area contributed by atoms with Gasteiger partial charge in [0.05, 0.1) is 12.0 Å². The zero-order chi connectivity index (χ0) is 22.0. The molecule has 0 unspecified atom stereocenters. The molecule has 8 heteroatoms. The minimum atomic E-state index is -3.63. The van der Waals surface area contributed by atoms with E-state index in [2.05, 4.69) is 5.32 Å². The topological polar surface area (TPSA) is 75.7 Å². The molecular formula is C23H21ClN2O4S. The number of hydrogen-bond acceptors (Lipinski definition) is 4. The Morgan fingerprint density at radius 2 is 1.71 bits per heavy atom. The van der Waals surface area contributed by atoms with Gasteiger partial charge >= 0.3 is 0 Å². The summed E-state index contributed by atoms with van der Waals surface area (Å²) < 4.78 is 32.7. The summed E-state index contributed by atoms with van der Waals surface area (Å²) in [5, 5.41) is 3.42. The Kier molecular flexibility index (Phi) is 6.00. The number of sulfonamides is 1. The highest BCUT2D eigenvalue weighted by molar-refractivity contribution is 7.89. The van der Waals surface area contributed by atoms with Crippen molar-refractivity contribution in [1.82, 2.24) is 4.31 Å². The average molecular weight is 457 g/mol. The minimum absolute atomic E-state index is 0.226. The molecule has 1 aliphatic heterocycles. The van der Waals surface area contributed by atoms with Gasteiger partial charge in [-0.2, -0.15) is 4.31 Å². The molecule has 0 atom stereocenters. The quantitative estimate of drug-likeness (QED) is 0.619. The number of benzene rings is 3. The number of halogens is 1. The average Bonchev–Trinajstić information content (AvgIpc) is 2.79. The van der Waals surface area contributed by atoms with Gasteiger partial charge in [-0.1, -0.05) is 17.7 Å². The van der Waals surface area contributed by atoms with Crippen molar-refractivity contribution in [1.29, 1.82) is 0 Å². The van der Waals surface area contributed by atoms with Crippen LogP contribution in [0, 0.1) is 0 Å². The van der Waals surface area contributed by atoms with E-state index in [1.54, 1.807) is 48.5 Å². The number of fused-ring (bicyclic) bond motifs is 1. The maximum Gasteiger partial charge on any atom is 0.255 e. The van der Waals surface area contributed by atoms with E-state index in [-0.39, 0.29) is 17.3 Å². The van der Waals surface area contributed by atoms with E-state index in [0.717, 1.165) is 11.1 Å². The highest BCUT2D eigenvalue weighted by Crippen LogP contribution is 2.28. The van der Waals surface area contributed by atoms with Crippen LogP contribution < -0.4 is 10.1 Å². The SMILES string of the molecule is COc1ccc(S(=O)(=O)N2CCc3ccc(NC(=O)c4ccc(Cl)cc4)cc3C2)cc1. The van der Waals surface area contributed by atoms with Crippen molar-refractivity contribution in [3.05, 3.63) is 88.4 Å². The first-order valence-electron chi connectivity index (χ1n) is 9.70. The lowest BCUT2D eigenvalue weighted by atomic mass is 10.0. The number of anilines is 1. The number of rotatable bonds is 5. The van der Waals surface area contributed by atoms with Crippen molar-refractivity contribution < 1.29 is 17.9 Å². The highest BCUT2D eigenvalue weighted by Gasteiger charge is 2.28. The van der Waals surface area contributed by atoms with Gasteiger partial charge in [0.1, 0.15) is 5.75 Å². The van der Waals surface area contributed by atoms with Crippen molar-refractivity contribution >= 4 is 33.2 Å². The van der Waals surface area contributed by atoms with Crippen molar-refractivity contribution in [2.45, 2.75) is 17.9 Å². The molecule has 0 spiro atoms. The van der Waals surface area contributed by atoms with Gasteiger partial charge in [0, 0.05) is 29.4 Å². The maximum absolute atomic E-state index is 13.1. The molecule has 1 aliphatic rings. The lowest BCUT2D eigenvalue weighted by Crippen LogP contribution is -2.36. The molecule has 1 heterocycles. The molecule has 31 heavy (non-hydrogen) atoms. The van der Waals surface area contributed by atoms with Crippen molar-refractivity contribution in [3.8, 4) is 5.75 Å². The molecule has 6 nitrogen and oxygen atoms in total. The van der Waals surface area contributed by atoms with Crippen molar-refractivity contribution in [2.24, 2.45) is 0 Å². The smallest absolute Gasteiger partial charge is 0.255 e. The summed E-state index contributed by atoms with van der Waals surface area (Å²) >= 11 is 5.87. The van der Waals surface area contributed by atoms with Crippen LogP contribution in [0.4, 0.5) is 5.69 Å². The Labute approximate surface area is 186 Å². The molecule has 0 aromatic heterocycles. The molecule has 3 aromatic carbocycles. The van der Waals surface area contributed by atoms with Gasteiger partial charge in [-0.05, 0) is 78.2 Å². The predicted molar refractivity (Wildman–Crippen MR) is 120 cm³/mol. The van der Waals surface area contributed by atoms with Gasteiger partial charge in [0.2, 0.25) is 10.0 Å². The van der Waals surface area contributed by atoms with Gasteiger partial charge in [0.25, 0.3) is 5.91 Å². The number of carbonyl (C=O) groups is 1. The summed E-state index contributed by atoms with van der Waals surface area (Å²) in [4.78, 5) is 12.7. The maximum atomic E-state index is 13.1. The molecule has 1 amide bonds. The summed E-state index contributed by atoms with van der Waals surface area (Å²) in [6, 6.07) is 18.6. The standard InChI is InChI=1S/C23H21ClN2O4S/c1-30-21-8-10-22(11-9-21)31(28,29)26-13-12-16-4-7-20(14-18(16)15-26)25-23(27)17-2-5-19(24)6-3-17/h2-11,14H,12-13,15H2,1H3,(H,25,27). The van der Waals surface area contributed by atoms with E-state index < -0.39 is 10.0 Å². The molecule has 0 saturated heterocycles. The first-order chi connectivity index (χ1) is 14.9. The molecule has 1 N–H and O–H groups in total. The molecular weight excluding hydrogens is 436 g/mol. The molecule has 0 fully saturated rings. The first-order valence-corrected chi connectivity index (χ1v) is 11.5. The highest BCUT2D eigenvalue weighted by atomic mass is 35.5. The van der Waals surface area contributed by atoms with E-state index in [0.29, 0.717) is 35.0 Å². The number of carbonyl (C=O) groups excluding carboxylic acids is 1.